The van der Waals surface area contributed by atoms with Crippen LogP contribution in [-0.2, 0) is 10.3 Å². The zero-order valence-electron chi connectivity index (χ0n) is 15.9. The fourth-order valence-electron chi connectivity index (χ4n) is 4.88. The lowest BCUT2D eigenvalue weighted by atomic mass is 9.87. The lowest BCUT2D eigenvalue weighted by Crippen LogP contribution is -2.38. The summed E-state index contributed by atoms with van der Waals surface area (Å²) in [5.41, 5.74) is 0.290. The maximum absolute atomic E-state index is 12.0. The molecule has 2 saturated carbocycles. The molecule has 7 heteroatoms. The molecular formula is C20H26ClN3O3. The maximum Gasteiger partial charge on any atom is 0.407 e. The van der Waals surface area contributed by atoms with E-state index in [-0.39, 0.29) is 12.1 Å². The molecule has 146 valence electrons. The second-order valence-corrected chi connectivity index (χ2v) is 9.50. The van der Waals surface area contributed by atoms with Gasteiger partial charge in [0.15, 0.2) is 0 Å². The molecule has 2 aliphatic carbocycles. The van der Waals surface area contributed by atoms with Gasteiger partial charge in [0.1, 0.15) is 5.60 Å². The van der Waals surface area contributed by atoms with Crippen LogP contribution in [0.25, 0.3) is 10.9 Å². The number of carbonyl (C=O) groups is 1. The van der Waals surface area contributed by atoms with Crippen LogP contribution in [-0.4, -0.2) is 33.0 Å². The Balaban J connectivity index is 1.46. The Hall–Kier alpha value is -1.79. The summed E-state index contributed by atoms with van der Waals surface area (Å²) in [6, 6.07) is 3.79. The number of carbonyl (C=O) groups excluding carboxylic acids is 1. The van der Waals surface area contributed by atoms with E-state index in [1.807, 2.05) is 32.9 Å². The highest BCUT2D eigenvalue weighted by atomic mass is 35.5. The fraction of sp³-hybridized carbons (Fsp3) is 0.600. The van der Waals surface area contributed by atoms with E-state index >= 15 is 0 Å². The summed E-state index contributed by atoms with van der Waals surface area (Å²) in [4.78, 5) is 12.0. The number of fused-ring (bicyclic) bond motifs is 2. The van der Waals surface area contributed by atoms with Gasteiger partial charge in [-0.2, -0.15) is 5.10 Å². The van der Waals surface area contributed by atoms with Crippen molar-refractivity contribution < 1.29 is 14.6 Å². The first-order valence-electron chi connectivity index (χ1n) is 9.48. The highest BCUT2D eigenvalue weighted by Gasteiger charge is 2.50. The molecule has 0 spiro atoms. The number of amides is 1. The van der Waals surface area contributed by atoms with E-state index in [1.54, 1.807) is 6.20 Å². The summed E-state index contributed by atoms with van der Waals surface area (Å²) in [7, 11) is 0. The molecule has 2 aliphatic rings. The van der Waals surface area contributed by atoms with Crippen molar-refractivity contribution in [3.05, 3.63) is 28.9 Å². The number of rotatable bonds is 2. The Morgan fingerprint density at radius 2 is 2.00 bits per heavy atom. The van der Waals surface area contributed by atoms with Gasteiger partial charge in [0.05, 0.1) is 17.3 Å². The Kier molecular flexibility index (Phi) is 4.39. The van der Waals surface area contributed by atoms with Gasteiger partial charge in [-0.3, -0.25) is 5.10 Å². The lowest BCUT2D eigenvalue weighted by molar-refractivity contribution is 0.0344. The van der Waals surface area contributed by atoms with Crippen LogP contribution in [0.3, 0.4) is 0 Å². The average Bonchev–Trinajstić information content (AvgIpc) is 3.17. The van der Waals surface area contributed by atoms with E-state index in [0.717, 1.165) is 29.3 Å². The van der Waals surface area contributed by atoms with E-state index in [9.17, 15) is 9.90 Å². The van der Waals surface area contributed by atoms with Gasteiger partial charge < -0.3 is 15.2 Å². The molecule has 0 saturated heterocycles. The van der Waals surface area contributed by atoms with E-state index in [0.29, 0.717) is 29.7 Å². The second-order valence-electron chi connectivity index (χ2n) is 9.06. The molecule has 4 atom stereocenters. The van der Waals surface area contributed by atoms with Crippen molar-refractivity contribution in [1.29, 1.82) is 0 Å². The molecule has 0 radical (unpaired) electrons. The van der Waals surface area contributed by atoms with Crippen LogP contribution in [0.4, 0.5) is 4.79 Å². The molecule has 1 heterocycles. The quantitative estimate of drug-likeness (QED) is 0.718. The number of halogens is 1. The summed E-state index contributed by atoms with van der Waals surface area (Å²) in [6.07, 6.45) is 4.45. The normalized spacial score (nSPS) is 30.5. The number of H-pyrrole nitrogens is 1. The predicted molar refractivity (Wildman–Crippen MR) is 104 cm³/mol. The molecule has 2 fully saturated rings. The number of hydrogen-bond donors (Lipinski definition) is 3. The number of benzene rings is 1. The highest BCUT2D eigenvalue weighted by Crippen LogP contribution is 2.54. The molecule has 0 bridgehead atoms. The van der Waals surface area contributed by atoms with Crippen molar-refractivity contribution in [3.8, 4) is 0 Å². The third-order valence-corrected chi connectivity index (χ3v) is 6.00. The van der Waals surface area contributed by atoms with Gasteiger partial charge >= 0.3 is 6.09 Å². The van der Waals surface area contributed by atoms with Crippen LogP contribution in [0, 0.1) is 11.8 Å². The number of aromatic nitrogens is 2. The number of aliphatic hydroxyl groups is 1. The molecule has 6 nitrogen and oxygen atoms in total. The van der Waals surface area contributed by atoms with Crippen molar-refractivity contribution in [2.75, 3.05) is 0 Å². The highest BCUT2D eigenvalue weighted by molar-refractivity contribution is 6.31. The Labute approximate surface area is 163 Å². The van der Waals surface area contributed by atoms with Crippen molar-refractivity contribution >= 4 is 28.6 Å². The van der Waals surface area contributed by atoms with Gasteiger partial charge in [-0.05, 0) is 76.0 Å². The molecule has 27 heavy (non-hydrogen) atoms. The second kappa shape index (κ2) is 6.38. The first-order valence-corrected chi connectivity index (χ1v) is 9.86. The molecule has 1 aromatic heterocycles. The molecule has 3 N–H and O–H groups in total. The Morgan fingerprint density at radius 1 is 1.33 bits per heavy atom. The maximum atomic E-state index is 12.0. The zero-order valence-corrected chi connectivity index (χ0v) is 16.6. The van der Waals surface area contributed by atoms with Gasteiger partial charge in [-0.25, -0.2) is 4.79 Å². The Bertz CT molecular complexity index is 859. The predicted octanol–water partition coefficient (Wildman–Crippen LogP) is 4.12. The monoisotopic (exact) mass is 391 g/mol. The topological polar surface area (TPSA) is 87.2 Å². The molecule has 0 aliphatic heterocycles. The van der Waals surface area contributed by atoms with E-state index in [4.69, 9.17) is 16.3 Å². The summed E-state index contributed by atoms with van der Waals surface area (Å²) in [5, 5.41) is 22.9. The minimum atomic E-state index is -0.904. The van der Waals surface area contributed by atoms with Gasteiger partial charge in [-0.15, -0.1) is 0 Å². The number of nitrogens with zero attached hydrogens (tertiary/aromatic N) is 1. The van der Waals surface area contributed by atoms with E-state index < -0.39 is 11.2 Å². The van der Waals surface area contributed by atoms with Crippen molar-refractivity contribution in [1.82, 2.24) is 15.5 Å². The summed E-state index contributed by atoms with van der Waals surface area (Å²) < 4.78 is 5.36. The van der Waals surface area contributed by atoms with Gasteiger partial charge in [0, 0.05) is 16.5 Å². The van der Waals surface area contributed by atoms with Crippen LogP contribution >= 0.6 is 11.6 Å². The minimum absolute atomic E-state index is 0.104. The molecule has 4 rings (SSSR count). The zero-order chi connectivity index (χ0) is 19.4. The van der Waals surface area contributed by atoms with Crippen molar-refractivity contribution in [3.63, 3.8) is 0 Å². The van der Waals surface area contributed by atoms with Crippen molar-refractivity contribution in [2.24, 2.45) is 11.8 Å². The summed E-state index contributed by atoms with van der Waals surface area (Å²) in [5.74, 6) is 0.742. The summed E-state index contributed by atoms with van der Waals surface area (Å²) >= 11 is 6.25. The van der Waals surface area contributed by atoms with Gasteiger partial charge in [-0.1, -0.05) is 11.6 Å². The number of ether oxygens (including phenoxy) is 1. The van der Waals surface area contributed by atoms with Crippen LogP contribution in [0.15, 0.2) is 18.3 Å². The van der Waals surface area contributed by atoms with Gasteiger partial charge in [0.25, 0.3) is 0 Å². The summed E-state index contributed by atoms with van der Waals surface area (Å²) in [6.45, 7) is 5.58. The standard InChI is InChI=1S/C20H26ClN3O3/c1-19(2,3)27-18(25)23-14-4-11-8-20(26,9-12(11)5-14)16-6-13(21)7-17-15(16)10-22-24-17/h6-7,10-12,14,26H,4-5,8-9H2,1-3H3,(H,22,24)(H,23,25)/t11-,12+,14+,20+. The number of alkyl carbamates (subject to hydrolysis) is 1. The smallest absolute Gasteiger partial charge is 0.407 e. The number of nitrogens with one attached hydrogen (secondary N) is 2. The molecule has 1 amide bonds. The largest absolute Gasteiger partial charge is 0.444 e. The minimum Gasteiger partial charge on any atom is -0.444 e. The van der Waals surface area contributed by atoms with Crippen LogP contribution < -0.4 is 5.32 Å². The third kappa shape index (κ3) is 3.65. The van der Waals surface area contributed by atoms with E-state index in [2.05, 4.69) is 15.5 Å². The first kappa shape index (κ1) is 18.6. The number of aromatic amines is 1. The van der Waals surface area contributed by atoms with Crippen LogP contribution in [0.5, 0.6) is 0 Å². The Morgan fingerprint density at radius 3 is 2.63 bits per heavy atom. The lowest BCUT2D eigenvalue weighted by Gasteiger charge is -2.27. The molecule has 0 unspecified atom stereocenters. The molecule has 2 aromatic rings. The molecular weight excluding hydrogens is 366 g/mol. The van der Waals surface area contributed by atoms with Crippen LogP contribution in [0.1, 0.15) is 52.0 Å². The molecule has 1 aromatic carbocycles. The fourth-order valence-corrected chi connectivity index (χ4v) is 5.09. The number of hydrogen-bond acceptors (Lipinski definition) is 4. The van der Waals surface area contributed by atoms with E-state index in [1.165, 1.54) is 0 Å². The van der Waals surface area contributed by atoms with Crippen molar-refractivity contribution in [2.45, 2.75) is 63.7 Å². The van der Waals surface area contributed by atoms with Gasteiger partial charge in [0.2, 0.25) is 0 Å². The SMILES string of the molecule is CC(C)(C)OC(=O)N[C@H]1C[C@@H]2C[C@@](O)(c3cc(Cl)cc4[nH]ncc34)C[C@@H]2C1. The average molecular weight is 392 g/mol. The first-order chi connectivity index (χ1) is 12.6. The van der Waals surface area contributed by atoms with Crippen LogP contribution in [0.2, 0.25) is 5.02 Å². The third-order valence-electron chi connectivity index (χ3n) is 5.79.